The fraction of sp³-hybridized carbons (Fsp3) is 0.647. The Kier molecular flexibility index (Phi) is 5.75. The third kappa shape index (κ3) is 4.16. The van der Waals surface area contributed by atoms with Crippen LogP contribution in [-0.2, 0) is 19.2 Å². The van der Waals surface area contributed by atoms with Crippen LogP contribution in [0.25, 0.3) is 0 Å². The van der Waals surface area contributed by atoms with Crippen LogP contribution in [0.2, 0.25) is 0 Å². The van der Waals surface area contributed by atoms with Crippen molar-refractivity contribution in [3.63, 3.8) is 0 Å². The summed E-state index contributed by atoms with van der Waals surface area (Å²) in [6, 6.07) is 6.54. The monoisotopic (exact) mass is 344 g/mol. The Morgan fingerprint density at radius 2 is 1.43 bits per heavy atom. The standard InChI is InChI=1S/C17H29O5P/c1-8-21-23(19,20)22-17(15(2,3)4,16(5,6)7)13-9-11-14(18)12-10-13/h9-12,18H,8H2,1-7H3,(H,19,20). The van der Waals surface area contributed by atoms with Gasteiger partial charge in [-0.1, -0.05) is 53.7 Å². The van der Waals surface area contributed by atoms with Crippen LogP contribution < -0.4 is 0 Å². The predicted molar refractivity (Wildman–Crippen MR) is 91.2 cm³/mol. The molecule has 0 aliphatic heterocycles. The number of rotatable bonds is 5. The molecule has 0 aliphatic carbocycles. The topological polar surface area (TPSA) is 76.0 Å². The average molecular weight is 344 g/mol. The van der Waals surface area contributed by atoms with E-state index in [0.717, 1.165) is 0 Å². The van der Waals surface area contributed by atoms with Gasteiger partial charge >= 0.3 is 7.82 Å². The van der Waals surface area contributed by atoms with Crippen molar-refractivity contribution in [1.29, 1.82) is 0 Å². The highest BCUT2D eigenvalue weighted by atomic mass is 31.2. The molecular weight excluding hydrogens is 315 g/mol. The lowest BCUT2D eigenvalue weighted by Crippen LogP contribution is -2.51. The van der Waals surface area contributed by atoms with Gasteiger partial charge in [0.05, 0.1) is 6.61 Å². The number of hydrogen-bond acceptors (Lipinski definition) is 4. The van der Waals surface area contributed by atoms with E-state index in [-0.39, 0.29) is 12.4 Å². The zero-order valence-corrected chi connectivity index (χ0v) is 16.0. The van der Waals surface area contributed by atoms with E-state index >= 15 is 0 Å². The Bertz CT molecular complexity index is 552. The fourth-order valence-electron chi connectivity index (χ4n) is 3.38. The van der Waals surface area contributed by atoms with Crippen LogP contribution in [0.5, 0.6) is 5.75 Å². The SMILES string of the molecule is CCOP(=O)(O)OC(c1ccc(O)cc1)(C(C)(C)C)C(C)(C)C. The van der Waals surface area contributed by atoms with Crippen molar-refractivity contribution in [3.8, 4) is 5.75 Å². The summed E-state index contributed by atoms with van der Waals surface area (Å²) in [6.07, 6.45) is 0. The van der Waals surface area contributed by atoms with Gasteiger partial charge in [-0.05, 0) is 35.4 Å². The van der Waals surface area contributed by atoms with E-state index in [1.54, 1.807) is 31.2 Å². The summed E-state index contributed by atoms with van der Waals surface area (Å²) in [5.74, 6) is 0.127. The third-order valence-corrected chi connectivity index (χ3v) is 5.02. The summed E-state index contributed by atoms with van der Waals surface area (Å²) in [5.41, 5.74) is -1.42. The first kappa shape index (κ1) is 20.2. The van der Waals surface area contributed by atoms with E-state index in [1.807, 2.05) is 41.5 Å². The molecule has 0 bridgehead atoms. The van der Waals surface area contributed by atoms with Gasteiger partial charge in [-0.3, -0.25) is 9.05 Å². The lowest BCUT2D eigenvalue weighted by Gasteiger charge is -2.53. The average Bonchev–Trinajstić information content (AvgIpc) is 2.34. The Hall–Kier alpha value is -0.870. The normalized spacial score (nSPS) is 16.2. The van der Waals surface area contributed by atoms with E-state index < -0.39 is 24.3 Å². The number of phenols is 1. The molecule has 0 amide bonds. The smallest absolute Gasteiger partial charge is 0.473 e. The van der Waals surface area contributed by atoms with E-state index in [4.69, 9.17) is 9.05 Å². The molecule has 1 aromatic carbocycles. The fourth-order valence-corrected chi connectivity index (χ4v) is 4.75. The third-order valence-electron chi connectivity index (χ3n) is 3.93. The number of benzene rings is 1. The molecule has 23 heavy (non-hydrogen) atoms. The maximum Gasteiger partial charge on any atom is 0.473 e. The van der Waals surface area contributed by atoms with Crippen molar-refractivity contribution in [2.75, 3.05) is 6.61 Å². The minimum absolute atomic E-state index is 0.0771. The zero-order chi connectivity index (χ0) is 18.1. The van der Waals surface area contributed by atoms with E-state index in [1.165, 1.54) is 0 Å². The molecule has 0 saturated carbocycles. The molecule has 132 valence electrons. The second-order valence-electron chi connectivity index (χ2n) is 7.71. The Balaban J connectivity index is 3.63. The lowest BCUT2D eigenvalue weighted by molar-refractivity contribution is -0.138. The number of hydrogen-bond donors (Lipinski definition) is 2. The Morgan fingerprint density at radius 1 is 1.00 bits per heavy atom. The molecule has 0 fully saturated rings. The summed E-state index contributed by atoms with van der Waals surface area (Å²) < 4.78 is 23.2. The van der Waals surface area contributed by atoms with Gasteiger partial charge in [0, 0.05) is 0 Å². The molecule has 1 unspecified atom stereocenters. The van der Waals surface area contributed by atoms with Crippen molar-refractivity contribution in [1.82, 2.24) is 0 Å². The zero-order valence-electron chi connectivity index (χ0n) is 15.1. The quantitative estimate of drug-likeness (QED) is 0.748. The molecule has 0 saturated heterocycles. The second kappa shape index (κ2) is 6.56. The van der Waals surface area contributed by atoms with Crippen LogP contribution in [0.15, 0.2) is 24.3 Å². The number of aromatic hydroxyl groups is 1. The molecule has 1 rings (SSSR count). The number of phosphoric ester groups is 1. The molecule has 5 nitrogen and oxygen atoms in total. The van der Waals surface area contributed by atoms with Gasteiger partial charge in [0.1, 0.15) is 11.4 Å². The molecule has 6 heteroatoms. The van der Waals surface area contributed by atoms with Crippen molar-refractivity contribution in [2.24, 2.45) is 10.8 Å². The van der Waals surface area contributed by atoms with Crippen molar-refractivity contribution < 1.29 is 23.6 Å². The molecule has 0 heterocycles. The largest absolute Gasteiger partial charge is 0.508 e. The number of phenolic OH excluding ortho intramolecular Hbond substituents is 1. The van der Waals surface area contributed by atoms with Crippen LogP contribution >= 0.6 is 7.82 Å². The Morgan fingerprint density at radius 3 is 1.78 bits per heavy atom. The van der Waals surface area contributed by atoms with Gasteiger partial charge in [-0.25, -0.2) is 4.57 Å². The van der Waals surface area contributed by atoms with Crippen LogP contribution in [0.4, 0.5) is 0 Å². The molecular formula is C17H29O5P. The maximum absolute atomic E-state index is 12.4. The molecule has 0 aromatic heterocycles. The van der Waals surface area contributed by atoms with E-state index in [2.05, 4.69) is 0 Å². The maximum atomic E-state index is 12.4. The molecule has 2 N–H and O–H groups in total. The minimum Gasteiger partial charge on any atom is -0.508 e. The van der Waals surface area contributed by atoms with Gasteiger partial charge < -0.3 is 10.00 Å². The van der Waals surface area contributed by atoms with Crippen LogP contribution in [0.3, 0.4) is 0 Å². The highest BCUT2D eigenvalue weighted by molar-refractivity contribution is 7.47. The van der Waals surface area contributed by atoms with Crippen LogP contribution in [0.1, 0.15) is 54.0 Å². The minimum atomic E-state index is -4.25. The highest BCUT2D eigenvalue weighted by Crippen LogP contribution is 2.62. The first-order valence-electron chi connectivity index (χ1n) is 7.74. The van der Waals surface area contributed by atoms with E-state index in [0.29, 0.717) is 5.56 Å². The van der Waals surface area contributed by atoms with Gasteiger partial charge in [0.15, 0.2) is 0 Å². The van der Waals surface area contributed by atoms with Gasteiger partial charge in [-0.2, -0.15) is 0 Å². The summed E-state index contributed by atoms with van der Waals surface area (Å²) in [7, 11) is -4.25. The highest BCUT2D eigenvalue weighted by Gasteiger charge is 2.56. The first-order valence-corrected chi connectivity index (χ1v) is 9.24. The lowest BCUT2D eigenvalue weighted by atomic mass is 9.59. The van der Waals surface area contributed by atoms with Crippen LogP contribution in [0, 0.1) is 10.8 Å². The summed E-state index contributed by atoms with van der Waals surface area (Å²) >= 11 is 0. The van der Waals surface area contributed by atoms with Crippen molar-refractivity contribution in [3.05, 3.63) is 29.8 Å². The summed E-state index contributed by atoms with van der Waals surface area (Å²) in [4.78, 5) is 10.2. The molecule has 0 aliphatic rings. The van der Waals surface area contributed by atoms with Crippen molar-refractivity contribution in [2.45, 2.75) is 54.1 Å². The van der Waals surface area contributed by atoms with E-state index in [9.17, 15) is 14.6 Å². The second-order valence-corrected chi connectivity index (χ2v) is 9.08. The molecule has 1 aromatic rings. The van der Waals surface area contributed by atoms with Crippen LogP contribution in [-0.4, -0.2) is 16.6 Å². The molecule has 0 spiro atoms. The van der Waals surface area contributed by atoms with Gasteiger partial charge in [0.2, 0.25) is 0 Å². The summed E-state index contributed by atoms with van der Waals surface area (Å²) in [6.45, 7) is 13.5. The molecule has 0 radical (unpaired) electrons. The van der Waals surface area contributed by atoms with Gasteiger partial charge in [0.25, 0.3) is 0 Å². The summed E-state index contributed by atoms with van der Waals surface area (Å²) in [5, 5.41) is 9.58. The van der Waals surface area contributed by atoms with Crippen molar-refractivity contribution >= 4 is 7.82 Å². The first-order chi connectivity index (χ1) is 10.3. The number of phosphoric acid groups is 1. The van der Waals surface area contributed by atoms with Gasteiger partial charge in [-0.15, -0.1) is 0 Å². The Labute approximate surface area is 139 Å². The predicted octanol–water partition coefficient (Wildman–Crippen LogP) is 4.83. The molecule has 1 atom stereocenters.